The van der Waals surface area contributed by atoms with E-state index in [0.717, 1.165) is 5.01 Å². The molecule has 2 aromatic rings. The molecule has 0 saturated carbocycles. The van der Waals surface area contributed by atoms with Gasteiger partial charge in [0.1, 0.15) is 16.6 Å². The van der Waals surface area contributed by atoms with Gasteiger partial charge in [-0.2, -0.15) is 0 Å². The molecule has 0 amide bonds. The van der Waals surface area contributed by atoms with Crippen LogP contribution in [0.25, 0.3) is 0 Å². The van der Waals surface area contributed by atoms with Crippen LogP contribution in [0.15, 0.2) is 18.3 Å². The Morgan fingerprint density at radius 3 is 2.75 bits per heavy atom. The average molecular weight is 235 g/mol. The lowest BCUT2D eigenvalue weighted by atomic mass is 10.3. The molecule has 0 aliphatic carbocycles. The Morgan fingerprint density at radius 2 is 2.19 bits per heavy atom. The van der Waals surface area contributed by atoms with E-state index in [1.165, 1.54) is 4.88 Å². The highest BCUT2D eigenvalue weighted by Gasteiger charge is 2.09. The molecule has 0 radical (unpaired) electrons. The molecule has 5 nitrogen and oxygen atoms in total. The van der Waals surface area contributed by atoms with Gasteiger partial charge in [0.2, 0.25) is 0 Å². The monoisotopic (exact) mass is 235 g/mol. The number of aromatic nitrogens is 3. The van der Waals surface area contributed by atoms with E-state index in [4.69, 9.17) is 5.73 Å². The summed E-state index contributed by atoms with van der Waals surface area (Å²) in [5.41, 5.74) is 5.46. The molecule has 1 unspecified atom stereocenters. The van der Waals surface area contributed by atoms with Crippen LogP contribution in [0.4, 0.5) is 11.6 Å². The standard InChI is InChI=1S/C10H13N5S/c1-6-5-12-10(16-6)7(2)13-9-4-3-8(11)14-15-9/h3-5,7H,1-2H3,(H2,11,14)(H,13,15). The van der Waals surface area contributed by atoms with Gasteiger partial charge in [-0.05, 0) is 26.0 Å². The maximum Gasteiger partial charge on any atom is 0.149 e. The van der Waals surface area contributed by atoms with Crippen LogP contribution >= 0.6 is 11.3 Å². The van der Waals surface area contributed by atoms with Crippen molar-refractivity contribution in [1.29, 1.82) is 0 Å². The van der Waals surface area contributed by atoms with Crippen molar-refractivity contribution < 1.29 is 0 Å². The Balaban J connectivity index is 2.07. The third-order valence-electron chi connectivity index (χ3n) is 2.06. The van der Waals surface area contributed by atoms with Crippen LogP contribution in [0.2, 0.25) is 0 Å². The molecule has 3 N–H and O–H groups in total. The molecular formula is C10H13N5S. The summed E-state index contributed by atoms with van der Waals surface area (Å²) >= 11 is 1.67. The number of hydrogen-bond donors (Lipinski definition) is 2. The van der Waals surface area contributed by atoms with Gasteiger partial charge in [-0.25, -0.2) is 4.98 Å². The second kappa shape index (κ2) is 4.44. The van der Waals surface area contributed by atoms with E-state index in [0.29, 0.717) is 11.6 Å². The van der Waals surface area contributed by atoms with Gasteiger partial charge in [-0.1, -0.05) is 0 Å². The fourth-order valence-electron chi connectivity index (χ4n) is 1.28. The van der Waals surface area contributed by atoms with E-state index < -0.39 is 0 Å². The Labute approximate surface area is 97.7 Å². The van der Waals surface area contributed by atoms with E-state index in [1.807, 2.05) is 20.0 Å². The predicted molar refractivity (Wildman–Crippen MR) is 65.3 cm³/mol. The van der Waals surface area contributed by atoms with Crippen molar-refractivity contribution in [3.63, 3.8) is 0 Å². The zero-order valence-electron chi connectivity index (χ0n) is 9.14. The second-order valence-corrected chi connectivity index (χ2v) is 4.78. The first kappa shape index (κ1) is 10.8. The van der Waals surface area contributed by atoms with Gasteiger partial charge < -0.3 is 11.1 Å². The van der Waals surface area contributed by atoms with Crippen LogP contribution in [-0.4, -0.2) is 15.2 Å². The Hall–Kier alpha value is -1.69. The highest BCUT2D eigenvalue weighted by atomic mass is 32.1. The number of nitrogens with two attached hydrogens (primary N) is 1. The molecule has 0 aliphatic rings. The Bertz CT molecular complexity index is 464. The molecule has 1 atom stereocenters. The van der Waals surface area contributed by atoms with Crippen LogP contribution in [0.5, 0.6) is 0 Å². The van der Waals surface area contributed by atoms with Gasteiger partial charge in [0.25, 0.3) is 0 Å². The molecule has 0 saturated heterocycles. The summed E-state index contributed by atoms with van der Waals surface area (Å²) in [5.74, 6) is 1.12. The Morgan fingerprint density at radius 1 is 1.38 bits per heavy atom. The number of thiazole rings is 1. The minimum absolute atomic E-state index is 0.122. The summed E-state index contributed by atoms with van der Waals surface area (Å²) in [6, 6.07) is 3.64. The van der Waals surface area contributed by atoms with E-state index in [-0.39, 0.29) is 6.04 Å². The maximum atomic E-state index is 5.46. The zero-order valence-corrected chi connectivity index (χ0v) is 9.95. The maximum absolute atomic E-state index is 5.46. The summed E-state index contributed by atoms with van der Waals surface area (Å²) in [6.45, 7) is 4.08. The summed E-state index contributed by atoms with van der Waals surface area (Å²) in [6.07, 6.45) is 1.87. The summed E-state index contributed by atoms with van der Waals surface area (Å²) in [5, 5.41) is 12.0. The second-order valence-electron chi connectivity index (χ2n) is 3.52. The SMILES string of the molecule is Cc1cnc(C(C)Nc2ccc(N)nn2)s1. The van der Waals surface area contributed by atoms with Crippen molar-refractivity contribution in [2.24, 2.45) is 0 Å². The molecule has 0 spiro atoms. The van der Waals surface area contributed by atoms with Crippen molar-refractivity contribution in [3.8, 4) is 0 Å². The number of anilines is 2. The van der Waals surface area contributed by atoms with Gasteiger partial charge in [-0.3, -0.25) is 0 Å². The molecule has 6 heteroatoms. The zero-order chi connectivity index (χ0) is 11.5. The van der Waals surface area contributed by atoms with E-state index >= 15 is 0 Å². The number of hydrogen-bond acceptors (Lipinski definition) is 6. The van der Waals surface area contributed by atoms with Crippen LogP contribution in [0, 0.1) is 6.92 Å². The molecule has 0 aliphatic heterocycles. The Kier molecular flexibility index (Phi) is 3.00. The fraction of sp³-hybridized carbons (Fsp3) is 0.300. The van der Waals surface area contributed by atoms with Crippen LogP contribution < -0.4 is 11.1 Å². The normalized spacial score (nSPS) is 12.4. The largest absolute Gasteiger partial charge is 0.382 e. The molecule has 0 fully saturated rings. The van der Waals surface area contributed by atoms with Gasteiger partial charge in [-0.15, -0.1) is 21.5 Å². The van der Waals surface area contributed by atoms with Gasteiger partial charge in [0, 0.05) is 11.1 Å². The number of rotatable bonds is 3. The van der Waals surface area contributed by atoms with Crippen molar-refractivity contribution in [1.82, 2.24) is 15.2 Å². The summed E-state index contributed by atoms with van der Waals surface area (Å²) in [4.78, 5) is 5.51. The van der Waals surface area contributed by atoms with E-state index in [1.54, 1.807) is 23.5 Å². The average Bonchev–Trinajstić information content (AvgIpc) is 2.68. The predicted octanol–water partition coefficient (Wildman–Crippen LogP) is 2.00. The van der Waals surface area contributed by atoms with E-state index in [2.05, 4.69) is 20.5 Å². The molecule has 84 valence electrons. The number of nitrogens with one attached hydrogen (secondary N) is 1. The van der Waals surface area contributed by atoms with Crippen molar-refractivity contribution >= 4 is 23.0 Å². The molecule has 0 aromatic carbocycles. The first-order valence-corrected chi connectivity index (χ1v) is 5.75. The molecular weight excluding hydrogens is 222 g/mol. The molecule has 2 aromatic heterocycles. The van der Waals surface area contributed by atoms with Crippen molar-refractivity contribution in [2.75, 3.05) is 11.1 Å². The van der Waals surface area contributed by atoms with Gasteiger partial charge >= 0.3 is 0 Å². The highest BCUT2D eigenvalue weighted by Crippen LogP contribution is 2.22. The number of aryl methyl sites for hydroxylation is 1. The number of nitrogen functional groups attached to an aromatic ring is 1. The lowest BCUT2D eigenvalue weighted by molar-refractivity contribution is 0.850. The summed E-state index contributed by atoms with van der Waals surface area (Å²) < 4.78 is 0. The number of nitrogens with zero attached hydrogens (tertiary/aromatic N) is 3. The molecule has 2 rings (SSSR count). The first-order chi connectivity index (χ1) is 7.65. The minimum Gasteiger partial charge on any atom is -0.382 e. The lowest BCUT2D eigenvalue weighted by Gasteiger charge is -2.10. The minimum atomic E-state index is 0.122. The van der Waals surface area contributed by atoms with E-state index in [9.17, 15) is 0 Å². The lowest BCUT2D eigenvalue weighted by Crippen LogP contribution is -2.08. The fourth-order valence-corrected chi connectivity index (χ4v) is 2.05. The van der Waals surface area contributed by atoms with Crippen LogP contribution in [0.3, 0.4) is 0 Å². The van der Waals surface area contributed by atoms with Crippen LogP contribution in [0.1, 0.15) is 22.9 Å². The third-order valence-corrected chi connectivity index (χ3v) is 3.15. The van der Waals surface area contributed by atoms with Gasteiger partial charge in [0.05, 0.1) is 6.04 Å². The molecule has 16 heavy (non-hydrogen) atoms. The van der Waals surface area contributed by atoms with Crippen molar-refractivity contribution in [2.45, 2.75) is 19.9 Å². The molecule has 0 bridgehead atoms. The highest BCUT2D eigenvalue weighted by molar-refractivity contribution is 7.11. The van der Waals surface area contributed by atoms with Crippen molar-refractivity contribution in [3.05, 3.63) is 28.2 Å². The summed E-state index contributed by atoms with van der Waals surface area (Å²) in [7, 11) is 0. The molecule has 2 heterocycles. The third kappa shape index (κ3) is 2.46. The smallest absolute Gasteiger partial charge is 0.149 e. The van der Waals surface area contributed by atoms with Gasteiger partial charge in [0.15, 0.2) is 0 Å². The topological polar surface area (TPSA) is 76.7 Å². The quantitative estimate of drug-likeness (QED) is 0.850. The van der Waals surface area contributed by atoms with Crippen LogP contribution in [-0.2, 0) is 0 Å². The first-order valence-electron chi connectivity index (χ1n) is 4.93.